The third-order valence-corrected chi connectivity index (χ3v) is 3.46. The molecule has 2 heterocycles. The predicted octanol–water partition coefficient (Wildman–Crippen LogP) is 1.19. The third-order valence-electron chi connectivity index (χ3n) is 3.46. The van der Waals surface area contributed by atoms with E-state index in [9.17, 15) is 9.90 Å². The SMILES string of the molecule is C[C@@H](O)c1cccnc1N(C)CC(=O)N1CCCC1. The second kappa shape index (κ2) is 6.02. The maximum absolute atomic E-state index is 12.1. The first-order valence-corrected chi connectivity index (χ1v) is 6.71. The number of carbonyl (C=O) groups excluding carboxylic acids is 1. The summed E-state index contributed by atoms with van der Waals surface area (Å²) in [4.78, 5) is 20.1. The van der Waals surface area contributed by atoms with Crippen molar-refractivity contribution >= 4 is 11.7 Å². The summed E-state index contributed by atoms with van der Waals surface area (Å²) in [5.41, 5.74) is 0.749. The van der Waals surface area contributed by atoms with E-state index in [1.807, 2.05) is 22.9 Å². The Kier molecular flexibility index (Phi) is 4.37. The molecule has 0 bridgehead atoms. The lowest BCUT2D eigenvalue weighted by Gasteiger charge is -2.24. The summed E-state index contributed by atoms with van der Waals surface area (Å²) < 4.78 is 0. The molecule has 1 aromatic rings. The van der Waals surface area contributed by atoms with Crippen LogP contribution in [-0.2, 0) is 4.79 Å². The molecule has 1 atom stereocenters. The van der Waals surface area contributed by atoms with Gasteiger partial charge in [-0.25, -0.2) is 4.98 Å². The fourth-order valence-electron chi connectivity index (χ4n) is 2.40. The molecule has 1 amide bonds. The Bertz CT molecular complexity index is 442. The van der Waals surface area contributed by atoms with Gasteiger partial charge in [0.15, 0.2) is 0 Å². The van der Waals surface area contributed by atoms with Crippen LogP contribution in [0.15, 0.2) is 18.3 Å². The number of aromatic nitrogens is 1. The fourth-order valence-corrected chi connectivity index (χ4v) is 2.40. The van der Waals surface area contributed by atoms with Gasteiger partial charge in [0, 0.05) is 31.9 Å². The standard InChI is InChI=1S/C14H21N3O2/c1-11(18)12-6-5-7-15-14(12)16(2)10-13(19)17-8-3-4-9-17/h5-7,11,18H,3-4,8-10H2,1-2H3/t11-/m1/s1. The van der Waals surface area contributed by atoms with E-state index in [-0.39, 0.29) is 5.91 Å². The molecule has 0 aliphatic carbocycles. The molecule has 0 spiro atoms. The van der Waals surface area contributed by atoms with Crippen molar-refractivity contribution in [2.24, 2.45) is 0 Å². The Labute approximate surface area is 113 Å². The molecule has 0 unspecified atom stereocenters. The number of amides is 1. The van der Waals surface area contributed by atoms with Crippen LogP contribution >= 0.6 is 0 Å². The Balaban J connectivity index is 2.07. The minimum Gasteiger partial charge on any atom is -0.389 e. The van der Waals surface area contributed by atoms with E-state index in [1.165, 1.54) is 0 Å². The summed E-state index contributed by atoms with van der Waals surface area (Å²) >= 11 is 0. The second-order valence-corrected chi connectivity index (χ2v) is 5.04. The number of aliphatic hydroxyl groups excluding tert-OH is 1. The van der Waals surface area contributed by atoms with Gasteiger partial charge in [-0.2, -0.15) is 0 Å². The van der Waals surface area contributed by atoms with Gasteiger partial charge in [0.05, 0.1) is 12.6 Å². The molecule has 5 heteroatoms. The monoisotopic (exact) mass is 263 g/mol. The highest BCUT2D eigenvalue weighted by molar-refractivity contribution is 5.81. The summed E-state index contributed by atoms with van der Waals surface area (Å²) in [5.74, 6) is 0.798. The highest BCUT2D eigenvalue weighted by Crippen LogP contribution is 2.22. The number of aliphatic hydroxyl groups is 1. The first kappa shape index (κ1) is 13.8. The molecule has 1 aromatic heterocycles. The van der Waals surface area contributed by atoms with Gasteiger partial charge in [-0.3, -0.25) is 4.79 Å². The average Bonchev–Trinajstić information content (AvgIpc) is 2.92. The second-order valence-electron chi connectivity index (χ2n) is 5.04. The number of hydrogen-bond acceptors (Lipinski definition) is 4. The summed E-state index contributed by atoms with van der Waals surface area (Å²) in [6, 6.07) is 3.63. The highest BCUT2D eigenvalue weighted by Gasteiger charge is 2.21. The Morgan fingerprint density at radius 3 is 2.84 bits per heavy atom. The summed E-state index contributed by atoms with van der Waals surface area (Å²) in [5, 5.41) is 9.74. The molecule has 1 fully saturated rings. The van der Waals surface area contributed by atoms with E-state index >= 15 is 0 Å². The van der Waals surface area contributed by atoms with Crippen molar-refractivity contribution < 1.29 is 9.90 Å². The normalized spacial score (nSPS) is 16.5. The van der Waals surface area contributed by atoms with E-state index in [4.69, 9.17) is 0 Å². The zero-order valence-corrected chi connectivity index (χ0v) is 11.5. The van der Waals surface area contributed by atoms with Crippen molar-refractivity contribution in [3.63, 3.8) is 0 Å². The lowest BCUT2D eigenvalue weighted by molar-refractivity contribution is -0.128. The Morgan fingerprint density at radius 1 is 1.53 bits per heavy atom. The van der Waals surface area contributed by atoms with Crippen molar-refractivity contribution in [1.82, 2.24) is 9.88 Å². The number of carbonyl (C=O) groups is 1. The van der Waals surface area contributed by atoms with Crippen molar-refractivity contribution in [1.29, 1.82) is 0 Å². The van der Waals surface area contributed by atoms with Gasteiger partial charge < -0.3 is 14.9 Å². The summed E-state index contributed by atoms with van der Waals surface area (Å²) in [7, 11) is 1.84. The topological polar surface area (TPSA) is 56.7 Å². The molecule has 1 N–H and O–H groups in total. The first-order chi connectivity index (χ1) is 9.09. The number of nitrogens with zero attached hydrogens (tertiary/aromatic N) is 3. The van der Waals surface area contributed by atoms with Crippen LogP contribution in [0.25, 0.3) is 0 Å². The molecule has 1 aliphatic rings. The van der Waals surface area contributed by atoms with Gasteiger partial charge in [-0.05, 0) is 25.8 Å². The molecule has 0 aromatic carbocycles. The lowest BCUT2D eigenvalue weighted by atomic mass is 10.1. The average molecular weight is 263 g/mol. The van der Waals surface area contributed by atoms with Crippen molar-refractivity contribution in [2.45, 2.75) is 25.9 Å². The minimum absolute atomic E-state index is 0.127. The van der Waals surface area contributed by atoms with Crippen LogP contribution in [0.4, 0.5) is 5.82 Å². The highest BCUT2D eigenvalue weighted by atomic mass is 16.3. The molecule has 2 rings (SSSR count). The Morgan fingerprint density at radius 2 is 2.21 bits per heavy atom. The van der Waals surface area contributed by atoms with Crippen LogP contribution in [0.5, 0.6) is 0 Å². The number of likely N-dealkylation sites (N-methyl/N-ethyl adjacent to an activating group) is 1. The number of likely N-dealkylation sites (tertiary alicyclic amines) is 1. The van der Waals surface area contributed by atoms with Crippen molar-refractivity contribution in [3.8, 4) is 0 Å². The fraction of sp³-hybridized carbons (Fsp3) is 0.571. The molecule has 1 saturated heterocycles. The molecule has 0 saturated carbocycles. The van der Waals surface area contributed by atoms with Crippen LogP contribution in [0.3, 0.4) is 0 Å². The third kappa shape index (κ3) is 3.23. The molecule has 5 nitrogen and oxygen atoms in total. The molecular weight excluding hydrogens is 242 g/mol. The van der Waals surface area contributed by atoms with Crippen molar-refractivity contribution in [2.75, 3.05) is 31.6 Å². The van der Waals surface area contributed by atoms with E-state index in [1.54, 1.807) is 19.2 Å². The summed E-state index contributed by atoms with van der Waals surface area (Å²) in [6.07, 6.45) is 3.28. The van der Waals surface area contributed by atoms with Crippen LogP contribution in [0.2, 0.25) is 0 Å². The van der Waals surface area contributed by atoms with Gasteiger partial charge in [0.2, 0.25) is 5.91 Å². The van der Waals surface area contributed by atoms with Gasteiger partial charge in [0.25, 0.3) is 0 Å². The Hall–Kier alpha value is -1.62. The number of hydrogen-bond donors (Lipinski definition) is 1. The van der Waals surface area contributed by atoms with Crippen LogP contribution in [-0.4, -0.2) is 47.6 Å². The van der Waals surface area contributed by atoms with E-state index < -0.39 is 6.10 Å². The largest absolute Gasteiger partial charge is 0.389 e. The van der Waals surface area contributed by atoms with E-state index in [0.717, 1.165) is 31.5 Å². The van der Waals surface area contributed by atoms with E-state index in [2.05, 4.69) is 4.98 Å². The number of pyridine rings is 1. The van der Waals surface area contributed by atoms with Crippen molar-refractivity contribution in [3.05, 3.63) is 23.9 Å². The zero-order valence-electron chi connectivity index (χ0n) is 11.5. The molecule has 0 radical (unpaired) electrons. The van der Waals surface area contributed by atoms with Gasteiger partial charge >= 0.3 is 0 Å². The van der Waals surface area contributed by atoms with Crippen LogP contribution in [0, 0.1) is 0 Å². The first-order valence-electron chi connectivity index (χ1n) is 6.71. The minimum atomic E-state index is -0.590. The maximum atomic E-state index is 12.1. The lowest BCUT2D eigenvalue weighted by Crippen LogP contribution is -2.37. The van der Waals surface area contributed by atoms with Gasteiger partial charge in [-0.1, -0.05) is 6.07 Å². The molecule has 1 aliphatic heterocycles. The predicted molar refractivity (Wildman–Crippen MR) is 74.0 cm³/mol. The van der Waals surface area contributed by atoms with Crippen LogP contribution < -0.4 is 4.90 Å². The molecule has 19 heavy (non-hydrogen) atoms. The van der Waals surface area contributed by atoms with Gasteiger partial charge in [-0.15, -0.1) is 0 Å². The zero-order chi connectivity index (χ0) is 13.8. The molecular formula is C14H21N3O2. The quantitative estimate of drug-likeness (QED) is 0.886. The maximum Gasteiger partial charge on any atom is 0.242 e. The van der Waals surface area contributed by atoms with Gasteiger partial charge in [0.1, 0.15) is 5.82 Å². The smallest absolute Gasteiger partial charge is 0.242 e. The number of anilines is 1. The van der Waals surface area contributed by atoms with E-state index in [0.29, 0.717) is 12.4 Å². The van der Waals surface area contributed by atoms with Crippen LogP contribution in [0.1, 0.15) is 31.4 Å². The molecule has 104 valence electrons. The summed E-state index contributed by atoms with van der Waals surface area (Å²) in [6.45, 7) is 3.73. The number of rotatable bonds is 4.